The Kier molecular flexibility index (Phi) is 5.85. The Balaban J connectivity index is 1.70. The summed E-state index contributed by atoms with van der Waals surface area (Å²) < 4.78 is 1.67. The summed E-state index contributed by atoms with van der Waals surface area (Å²) in [6.07, 6.45) is 1.70. The van der Waals surface area contributed by atoms with Gasteiger partial charge in [0.1, 0.15) is 13.6 Å². The first-order valence-corrected chi connectivity index (χ1v) is 14.4. The van der Waals surface area contributed by atoms with Crippen LogP contribution in [0.1, 0.15) is 36.5 Å². The van der Waals surface area contributed by atoms with Crippen LogP contribution in [0.25, 0.3) is 22.6 Å². The number of nitrogens with one attached hydrogen (secondary N) is 1. The van der Waals surface area contributed by atoms with Crippen LogP contribution in [0, 0.1) is 11.5 Å². The molecule has 1 N–H and O–H groups in total. The third kappa shape index (κ3) is 4.73. The molecule has 0 aliphatic heterocycles. The summed E-state index contributed by atoms with van der Waals surface area (Å²) in [4.78, 5) is 24.9. The Bertz CT molecular complexity index is 1380. The lowest BCUT2D eigenvalue weighted by molar-refractivity contribution is 0.777. The smallest absolute Gasteiger partial charge is 0.303 e. The summed E-state index contributed by atoms with van der Waals surface area (Å²) in [6.45, 7) is 11.4. The van der Waals surface area contributed by atoms with Gasteiger partial charge in [-0.15, -0.1) is 5.54 Å². The van der Waals surface area contributed by atoms with Crippen LogP contribution in [0.4, 0.5) is 0 Å². The maximum atomic E-state index is 12.7. The van der Waals surface area contributed by atoms with Crippen LogP contribution in [0.5, 0.6) is 0 Å². The highest BCUT2D eigenvalue weighted by Crippen LogP contribution is 2.27. The van der Waals surface area contributed by atoms with Crippen molar-refractivity contribution in [3.63, 3.8) is 0 Å². The van der Waals surface area contributed by atoms with E-state index in [1.807, 2.05) is 42.5 Å². The van der Waals surface area contributed by atoms with Gasteiger partial charge in [0.2, 0.25) is 0 Å². The van der Waals surface area contributed by atoms with Crippen molar-refractivity contribution in [2.24, 2.45) is 0 Å². The van der Waals surface area contributed by atoms with E-state index >= 15 is 0 Å². The van der Waals surface area contributed by atoms with Gasteiger partial charge in [-0.1, -0.05) is 75.8 Å². The largest absolute Gasteiger partial charge is 0.328 e. The quantitative estimate of drug-likeness (QED) is 0.351. The molecule has 2 aromatic heterocycles. The first-order valence-electron chi connectivity index (χ1n) is 10.9. The fourth-order valence-electron chi connectivity index (χ4n) is 3.56. The van der Waals surface area contributed by atoms with Crippen LogP contribution in [0.2, 0.25) is 19.6 Å². The highest BCUT2D eigenvalue weighted by molar-refractivity contribution is 6.83. The fraction of sp³-hybridized carbons (Fsp3) is 0.269. The van der Waals surface area contributed by atoms with E-state index in [1.54, 1.807) is 10.8 Å². The minimum Gasteiger partial charge on any atom is -0.303 e. The van der Waals surface area contributed by atoms with Crippen LogP contribution < -0.4 is 5.69 Å². The highest BCUT2D eigenvalue weighted by Gasteiger charge is 2.15. The summed E-state index contributed by atoms with van der Waals surface area (Å²) >= 11 is 0. The highest BCUT2D eigenvalue weighted by atomic mass is 28.3. The number of hydrogen-bond donors (Lipinski definition) is 1. The Morgan fingerprint density at radius 3 is 2.47 bits per heavy atom. The van der Waals surface area contributed by atoms with E-state index in [9.17, 15) is 4.79 Å². The SMILES string of the molecule is CC(C)c1ccccc1-c1ncc2[nH]c(=O)n(Cc3ccc(C#C[Si](C)(C)C)cc3)c2n1. The van der Waals surface area contributed by atoms with Gasteiger partial charge in [0.05, 0.1) is 12.7 Å². The van der Waals surface area contributed by atoms with Crippen LogP contribution in [-0.2, 0) is 6.54 Å². The topological polar surface area (TPSA) is 63.6 Å². The summed E-state index contributed by atoms with van der Waals surface area (Å²) in [6, 6.07) is 16.2. The molecule has 2 aromatic carbocycles. The average molecular weight is 441 g/mol. The zero-order valence-electron chi connectivity index (χ0n) is 19.2. The summed E-state index contributed by atoms with van der Waals surface area (Å²) in [5.41, 5.74) is 8.64. The van der Waals surface area contributed by atoms with Gasteiger partial charge >= 0.3 is 5.69 Å². The van der Waals surface area contributed by atoms with Gasteiger partial charge in [0.25, 0.3) is 0 Å². The molecule has 0 unspecified atom stereocenters. The molecule has 0 saturated heterocycles. The van der Waals surface area contributed by atoms with E-state index in [2.05, 4.69) is 61.0 Å². The predicted octanol–water partition coefficient (Wildman–Crippen LogP) is 5.19. The molecule has 0 atom stereocenters. The molecule has 0 fully saturated rings. The van der Waals surface area contributed by atoms with Gasteiger partial charge in [-0.3, -0.25) is 4.57 Å². The molecule has 0 bridgehead atoms. The number of H-pyrrole nitrogens is 1. The Morgan fingerprint density at radius 1 is 1.06 bits per heavy atom. The van der Waals surface area contributed by atoms with Gasteiger partial charge in [0, 0.05) is 11.1 Å². The van der Waals surface area contributed by atoms with Crippen molar-refractivity contribution in [2.75, 3.05) is 0 Å². The van der Waals surface area contributed by atoms with Crippen LogP contribution >= 0.6 is 0 Å². The van der Waals surface area contributed by atoms with E-state index in [0.29, 0.717) is 29.5 Å². The minimum atomic E-state index is -1.41. The predicted molar refractivity (Wildman–Crippen MR) is 133 cm³/mol. The van der Waals surface area contributed by atoms with Crippen molar-refractivity contribution in [1.82, 2.24) is 19.5 Å². The van der Waals surface area contributed by atoms with Crippen molar-refractivity contribution >= 4 is 19.2 Å². The average Bonchev–Trinajstić information content (AvgIpc) is 3.07. The Hall–Kier alpha value is -3.43. The first kappa shape index (κ1) is 21.8. The molecule has 5 nitrogen and oxygen atoms in total. The molecule has 4 rings (SSSR count). The molecule has 32 heavy (non-hydrogen) atoms. The van der Waals surface area contributed by atoms with E-state index in [1.165, 1.54) is 5.56 Å². The maximum absolute atomic E-state index is 12.7. The summed E-state index contributed by atoms with van der Waals surface area (Å²) in [5, 5.41) is 0. The molecular formula is C26H28N4OSi. The van der Waals surface area contributed by atoms with Crippen molar-refractivity contribution in [3.8, 4) is 22.9 Å². The zero-order chi connectivity index (χ0) is 22.9. The lowest BCUT2D eigenvalue weighted by Gasteiger charge is -2.11. The lowest BCUT2D eigenvalue weighted by atomic mass is 9.97. The number of imidazole rings is 1. The standard InChI is InChI=1S/C26H28N4OSi/c1-18(2)21-8-6-7-9-22(21)24-27-16-23-25(29-24)30(26(31)28-23)17-20-12-10-19(11-13-20)14-15-32(3,4)5/h6-13,16,18H,17H2,1-5H3,(H,28,31). The van der Waals surface area contributed by atoms with Gasteiger partial charge < -0.3 is 4.98 Å². The number of aromatic nitrogens is 4. The minimum absolute atomic E-state index is 0.189. The molecule has 4 aromatic rings. The second kappa shape index (κ2) is 8.60. The molecule has 0 aliphatic carbocycles. The van der Waals surface area contributed by atoms with Crippen molar-refractivity contribution in [3.05, 3.63) is 81.9 Å². The third-order valence-corrected chi connectivity index (χ3v) is 6.09. The first-order chi connectivity index (χ1) is 15.2. The molecule has 0 saturated carbocycles. The molecule has 0 spiro atoms. The monoisotopic (exact) mass is 440 g/mol. The second-order valence-electron chi connectivity index (χ2n) is 9.39. The number of fused-ring (bicyclic) bond motifs is 1. The molecular weight excluding hydrogens is 412 g/mol. The van der Waals surface area contributed by atoms with Crippen molar-refractivity contribution < 1.29 is 0 Å². The van der Waals surface area contributed by atoms with Gasteiger partial charge in [-0.2, -0.15) is 0 Å². The van der Waals surface area contributed by atoms with Crippen molar-refractivity contribution in [2.45, 2.75) is 46.0 Å². The van der Waals surface area contributed by atoms with E-state index < -0.39 is 8.07 Å². The molecule has 6 heteroatoms. The maximum Gasteiger partial charge on any atom is 0.328 e. The number of rotatable bonds is 4. The number of nitrogens with zero attached hydrogens (tertiary/aromatic N) is 3. The lowest BCUT2D eigenvalue weighted by Crippen LogP contribution is -2.18. The van der Waals surface area contributed by atoms with Gasteiger partial charge in [0.15, 0.2) is 11.5 Å². The number of hydrogen-bond acceptors (Lipinski definition) is 3. The van der Waals surface area contributed by atoms with Gasteiger partial charge in [-0.05, 0) is 29.2 Å². The second-order valence-corrected chi connectivity index (χ2v) is 14.1. The van der Waals surface area contributed by atoms with Gasteiger partial charge in [-0.25, -0.2) is 14.8 Å². The zero-order valence-corrected chi connectivity index (χ0v) is 20.2. The van der Waals surface area contributed by atoms with Crippen LogP contribution in [0.3, 0.4) is 0 Å². The van der Waals surface area contributed by atoms with Crippen molar-refractivity contribution in [1.29, 1.82) is 0 Å². The number of aromatic amines is 1. The summed E-state index contributed by atoms with van der Waals surface area (Å²) in [5.74, 6) is 4.25. The summed E-state index contributed by atoms with van der Waals surface area (Å²) in [7, 11) is -1.41. The molecule has 0 aliphatic rings. The van der Waals surface area contributed by atoms with Crippen LogP contribution in [-0.4, -0.2) is 27.6 Å². The Morgan fingerprint density at radius 2 is 1.78 bits per heavy atom. The molecule has 2 heterocycles. The van der Waals surface area contributed by atoms with E-state index in [0.717, 1.165) is 16.7 Å². The normalized spacial score (nSPS) is 11.6. The molecule has 0 amide bonds. The fourth-order valence-corrected chi connectivity index (χ4v) is 4.08. The van der Waals surface area contributed by atoms with E-state index in [-0.39, 0.29) is 5.69 Å². The number of benzene rings is 2. The van der Waals surface area contributed by atoms with Crippen LogP contribution in [0.15, 0.2) is 59.5 Å². The molecule has 0 radical (unpaired) electrons. The molecule has 162 valence electrons. The third-order valence-electron chi connectivity index (χ3n) is 5.21. The van der Waals surface area contributed by atoms with E-state index in [4.69, 9.17) is 4.98 Å². The Labute approximate surface area is 189 Å².